The summed E-state index contributed by atoms with van der Waals surface area (Å²) in [5, 5.41) is 0. The van der Waals surface area contributed by atoms with Crippen LogP contribution in [0.25, 0.3) is 0 Å². The molecule has 3 nitrogen and oxygen atoms in total. The van der Waals surface area contributed by atoms with Gasteiger partial charge in [0.1, 0.15) is 0 Å². The van der Waals surface area contributed by atoms with E-state index in [1.165, 1.54) is 29.5 Å². The van der Waals surface area contributed by atoms with Crippen LogP contribution >= 0.6 is 0 Å². The molecule has 2 N–H and O–H groups in total. The Morgan fingerprint density at radius 1 is 1.42 bits per heavy atom. The molecule has 0 saturated carbocycles. The van der Waals surface area contributed by atoms with Gasteiger partial charge in [-0.25, -0.2) is 4.99 Å². The zero-order chi connectivity index (χ0) is 13.8. The molecular formula is C16H25N3. The summed E-state index contributed by atoms with van der Waals surface area (Å²) < 4.78 is 0. The van der Waals surface area contributed by atoms with Gasteiger partial charge in [0.2, 0.25) is 0 Å². The first-order valence-electron chi connectivity index (χ1n) is 7.17. The Morgan fingerprint density at radius 3 is 2.89 bits per heavy atom. The predicted molar refractivity (Wildman–Crippen MR) is 81.2 cm³/mol. The second-order valence-corrected chi connectivity index (χ2v) is 5.80. The number of aryl methyl sites for hydroxylation is 2. The minimum absolute atomic E-state index is 0.683. The van der Waals surface area contributed by atoms with Gasteiger partial charge in [0.15, 0.2) is 5.96 Å². The van der Waals surface area contributed by atoms with Gasteiger partial charge in [-0.2, -0.15) is 0 Å². The molecule has 2 rings (SSSR count). The van der Waals surface area contributed by atoms with Crippen molar-refractivity contribution >= 4 is 5.96 Å². The highest BCUT2D eigenvalue weighted by atomic mass is 15.3. The van der Waals surface area contributed by atoms with Crippen LogP contribution in [-0.2, 0) is 6.54 Å². The van der Waals surface area contributed by atoms with E-state index in [0.29, 0.717) is 12.5 Å². The first-order valence-corrected chi connectivity index (χ1v) is 7.17. The lowest BCUT2D eigenvalue weighted by molar-refractivity contribution is 0.270. The van der Waals surface area contributed by atoms with E-state index in [-0.39, 0.29) is 0 Å². The first kappa shape index (κ1) is 13.9. The third-order valence-electron chi connectivity index (χ3n) is 3.89. The van der Waals surface area contributed by atoms with Crippen LogP contribution in [0, 0.1) is 19.8 Å². The quantitative estimate of drug-likeness (QED) is 0.655. The normalized spacial score (nSPS) is 20.7. The molecule has 0 bridgehead atoms. The Labute approximate surface area is 116 Å². The lowest BCUT2D eigenvalue weighted by Crippen LogP contribution is -2.43. The summed E-state index contributed by atoms with van der Waals surface area (Å²) in [7, 11) is 0. The molecule has 0 radical (unpaired) electrons. The Morgan fingerprint density at radius 2 is 2.21 bits per heavy atom. The minimum Gasteiger partial charge on any atom is -0.370 e. The third kappa shape index (κ3) is 3.72. The summed E-state index contributed by atoms with van der Waals surface area (Å²) in [6, 6.07) is 6.49. The third-order valence-corrected chi connectivity index (χ3v) is 3.89. The van der Waals surface area contributed by atoms with Crippen LogP contribution in [-0.4, -0.2) is 23.9 Å². The molecule has 1 atom stereocenters. The average Bonchev–Trinajstić information content (AvgIpc) is 2.37. The van der Waals surface area contributed by atoms with E-state index in [4.69, 9.17) is 5.73 Å². The van der Waals surface area contributed by atoms with Crippen LogP contribution in [0.5, 0.6) is 0 Å². The molecule has 0 aromatic heterocycles. The van der Waals surface area contributed by atoms with Gasteiger partial charge in [0, 0.05) is 13.1 Å². The Hall–Kier alpha value is -1.51. The van der Waals surface area contributed by atoms with Gasteiger partial charge in [-0.1, -0.05) is 30.7 Å². The SMILES string of the molecule is Cc1ccc(CN=C(N)N2CCCC(C)C2)c(C)c1. The molecule has 1 aromatic carbocycles. The maximum atomic E-state index is 6.11. The van der Waals surface area contributed by atoms with E-state index in [1.54, 1.807) is 0 Å². The zero-order valence-corrected chi connectivity index (χ0v) is 12.3. The number of nitrogens with two attached hydrogens (primary N) is 1. The smallest absolute Gasteiger partial charge is 0.191 e. The van der Waals surface area contributed by atoms with Crippen molar-refractivity contribution in [3.63, 3.8) is 0 Å². The van der Waals surface area contributed by atoms with Crippen LogP contribution in [0.15, 0.2) is 23.2 Å². The van der Waals surface area contributed by atoms with Crippen molar-refractivity contribution in [2.45, 2.75) is 40.2 Å². The molecular weight excluding hydrogens is 234 g/mol. The lowest BCUT2D eigenvalue weighted by atomic mass is 10.0. The van der Waals surface area contributed by atoms with Gasteiger partial charge in [0.05, 0.1) is 6.54 Å². The number of rotatable bonds is 2. The molecule has 0 spiro atoms. The average molecular weight is 259 g/mol. The number of nitrogens with zero attached hydrogens (tertiary/aromatic N) is 2. The van der Waals surface area contributed by atoms with Crippen molar-refractivity contribution in [2.24, 2.45) is 16.6 Å². The summed E-state index contributed by atoms with van der Waals surface area (Å²) in [6.45, 7) is 9.31. The van der Waals surface area contributed by atoms with Gasteiger partial charge < -0.3 is 10.6 Å². The zero-order valence-electron chi connectivity index (χ0n) is 12.3. The molecule has 104 valence electrons. The number of benzene rings is 1. The summed E-state index contributed by atoms with van der Waals surface area (Å²) in [5.74, 6) is 1.43. The van der Waals surface area contributed by atoms with Gasteiger partial charge in [-0.15, -0.1) is 0 Å². The highest BCUT2D eigenvalue weighted by Gasteiger charge is 2.17. The van der Waals surface area contributed by atoms with E-state index in [1.807, 2.05) is 0 Å². The molecule has 0 aliphatic carbocycles. The molecule has 0 amide bonds. The molecule has 1 aliphatic rings. The molecule has 1 aromatic rings. The van der Waals surface area contributed by atoms with Gasteiger partial charge in [0.25, 0.3) is 0 Å². The Balaban J connectivity index is 2.01. The predicted octanol–water partition coefficient (Wildman–Crippen LogP) is 2.85. The largest absolute Gasteiger partial charge is 0.370 e. The van der Waals surface area contributed by atoms with Gasteiger partial charge in [-0.3, -0.25) is 0 Å². The molecule has 19 heavy (non-hydrogen) atoms. The molecule has 1 saturated heterocycles. The fourth-order valence-electron chi connectivity index (χ4n) is 2.69. The topological polar surface area (TPSA) is 41.6 Å². The van der Waals surface area contributed by atoms with Gasteiger partial charge >= 0.3 is 0 Å². The number of guanidine groups is 1. The summed E-state index contributed by atoms with van der Waals surface area (Å²) in [6.07, 6.45) is 2.53. The van der Waals surface area contributed by atoms with Crippen molar-refractivity contribution in [2.75, 3.05) is 13.1 Å². The molecule has 1 heterocycles. The molecule has 1 fully saturated rings. The summed E-state index contributed by atoms with van der Waals surface area (Å²) in [4.78, 5) is 6.78. The Kier molecular flexibility index (Phi) is 4.46. The second-order valence-electron chi connectivity index (χ2n) is 5.80. The first-order chi connectivity index (χ1) is 9.06. The maximum absolute atomic E-state index is 6.11. The number of hydrogen-bond donors (Lipinski definition) is 1. The van der Waals surface area contributed by atoms with Crippen molar-refractivity contribution in [1.82, 2.24) is 4.90 Å². The minimum atomic E-state index is 0.683. The second kappa shape index (κ2) is 6.09. The van der Waals surface area contributed by atoms with Crippen LogP contribution < -0.4 is 5.73 Å². The number of aliphatic imine (C=N–C) groups is 1. The van der Waals surface area contributed by atoms with E-state index in [0.717, 1.165) is 19.0 Å². The number of piperidine rings is 1. The fourth-order valence-corrected chi connectivity index (χ4v) is 2.69. The van der Waals surface area contributed by atoms with Crippen LogP contribution in [0.2, 0.25) is 0 Å². The number of hydrogen-bond acceptors (Lipinski definition) is 1. The van der Waals surface area contributed by atoms with Crippen LogP contribution in [0.4, 0.5) is 0 Å². The standard InChI is InChI=1S/C16H25N3/c1-12-6-7-15(14(3)9-12)10-18-16(17)19-8-4-5-13(2)11-19/h6-7,9,13H,4-5,8,10-11H2,1-3H3,(H2,17,18). The van der Waals surface area contributed by atoms with Crippen molar-refractivity contribution in [1.29, 1.82) is 0 Å². The van der Waals surface area contributed by atoms with Crippen molar-refractivity contribution in [3.05, 3.63) is 34.9 Å². The molecule has 1 unspecified atom stereocenters. The summed E-state index contributed by atoms with van der Waals surface area (Å²) >= 11 is 0. The van der Waals surface area contributed by atoms with E-state index in [9.17, 15) is 0 Å². The number of likely N-dealkylation sites (tertiary alicyclic amines) is 1. The van der Waals surface area contributed by atoms with Gasteiger partial charge in [-0.05, 0) is 43.7 Å². The van der Waals surface area contributed by atoms with Crippen molar-refractivity contribution < 1.29 is 0 Å². The Bertz CT molecular complexity index is 465. The highest BCUT2D eigenvalue weighted by molar-refractivity contribution is 5.78. The molecule has 3 heteroatoms. The van der Waals surface area contributed by atoms with Crippen molar-refractivity contribution in [3.8, 4) is 0 Å². The molecule has 1 aliphatic heterocycles. The highest BCUT2D eigenvalue weighted by Crippen LogP contribution is 2.16. The fraction of sp³-hybridized carbons (Fsp3) is 0.562. The van der Waals surface area contributed by atoms with E-state index in [2.05, 4.69) is 48.9 Å². The van der Waals surface area contributed by atoms with E-state index >= 15 is 0 Å². The van der Waals surface area contributed by atoms with Crippen LogP contribution in [0.3, 0.4) is 0 Å². The van der Waals surface area contributed by atoms with E-state index < -0.39 is 0 Å². The monoisotopic (exact) mass is 259 g/mol. The maximum Gasteiger partial charge on any atom is 0.191 e. The summed E-state index contributed by atoms with van der Waals surface area (Å²) in [5.41, 5.74) is 9.97. The lowest BCUT2D eigenvalue weighted by Gasteiger charge is -2.31. The van der Waals surface area contributed by atoms with Crippen LogP contribution in [0.1, 0.15) is 36.5 Å².